The summed E-state index contributed by atoms with van der Waals surface area (Å²) in [5.41, 5.74) is 2.00. The molecule has 0 spiro atoms. The Kier molecular flexibility index (Phi) is 4.54. The first-order valence-electron chi connectivity index (χ1n) is 8.08. The molecule has 1 aliphatic rings. The number of aryl methyl sites for hydroxylation is 2. The van der Waals surface area contributed by atoms with Gasteiger partial charge in [0.1, 0.15) is 16.5 Å². The van der Waals surface area contributed by atoms with Crippen LogP contribution in [0.4, 0.5) is 0 Å². The molecule has 1 saturated heterocycles. The Labute approximate surface area is 136 Å². The average Bonchev–Trinajstić information content (AvgIpc) is 2.93. The molecule has 0 unspecified atom stereocenters. The van der Waals surface area contributed by atoms with E-state index in [1.54, 1.807) is 11.3 Å². The molecule has 22 heavy (non-hydrogen) atoms. The van der Waals surface area contributed by atoms with Crippen LogP contribution in [-0.4, -0.2) is 32.4 Å². The van der Waals surface area contributed by atoms with E-state index in [0.29, 0.717) is 12.1 Å². The second-order valence-electron chi connectivity index (χ2n) is 6.37. The van der Waals surface area contributed by atoms with Gasteiger partial charge in [-0.25, -0.2) is 15.0 Å². The van der Waals surface area contributed by atoms with Crippen molar-refractivity contribution in [1.29, 1.82) is 0 Å². The van der Waals surface area contributed by atoms with Crippen LogP contribution in [0.3, 0.4) is 0 Å². The van der Waals surface area contributed by atoms with E-state index in [0.717, 1.165) is 35.2 Å². The van der Waals surface area contributed by atoms with Gasteiger partial charge >= 0.3 is 0 Å². The van der Waals surface area contributed by atoms with Crippen molar-refractivity contribution in [3.63, 3.8) is 0 Å². The van der Waals surface area contributed by atoms with Crippen molar-refractivity contribution in [2.24, 2.45) is 0 Å². The number of likely N-dealkylation sites (tertiary alicyclic amines) is 1. The van der Waals surface area contributed by atoms with Crippen LogP contribution in [0.15, 0.2) is 12.3 Å². The summed E-state index contributed by atoms with van der Waals surface area (Å²) in [4.78, 5) is 17.9. The van der Waals surface area contributed by atoms with Crippen molar-refractivity contribution in [2.45, 2.75) is 59.0 Å². The highest BCUT2D eigenvalue weighted by atomic mass is 32.1. The molecular formula is C17H24N4S. The summed E-state index contributed by atoms with van der Waals surface area (Å²) < 4.78 is 0. The van der Waals surface area contributed by atoms with Gasteiger partial charge in [0.05, 0.1) is 6.04 Å². The first kappa shape index (κ1) is 15.6. The molecule has 0 bridgehead atoms. The van der Waals surface area contributed by atoms with Crippen LogP contribution in [0.5, 0.6) is 0 Å². The van der Waals surface area contributed by atoms with Crippen molar-refractivity contribution in [3.8, 4) is 10.7 Å². The first-order valence-corrected chi connectivity index (χ1v) is 8.90. The Hall–Kier alpha value is -1.33. The van der Waals surface area contributed by atoms with Gasteiger partial charge < -0.3 is 0 Å². The minimum absolute atomic E-state index is 0.341. The largest absolute Gasteiger partial charge is 0.291 e. The zero-order valence-corrected chi connectivity index (χ0v) is 14.7. The van der Waals surface area contributed by atoms with Gasteiger partial charge in [0, 0.05) is 22.8 Å². The third-order valence-corrected chi connectivity index (χ3v) is 5.15. The fourth-order valence-corrected chi connectivity index (χ4v) is 3.90. The Bertz CT molecular complexity index is 650. The molecule has 1 fully saturated rings. The lowest BCUT2D eigenvalue weighted by molar-refractivity contribution is 0.106. The van der Waals surface area contributed by atoms with E-state index < -0.39 is 0 Å². The molecule has 2 aromatic heterocycles. The second-order valence-corrected chi connectivity index (χ2v) is 7.61. The van der Waals surface area contributed by atoms with E-state index in [1.165, 1.54) is 17.7 Å². The molecule has 0 aliphatic carbocycles. The summed E-state index contributed by atoms with van der Waals surface area (Å²) in [7, 11) is 0. The molecule has 1 atom stereocenters. The van der Waals surface area contributed by atoms with Crippen LogP contribution < -0.4 is 0 Å². The lowest BCUT2D eigenvalue weighted by Gasteiger charge is -2.37. The van der Waals surface area contributed by atoms with Crippen LogP contribution in [0, 0.1) is 13.8 Å². The lowest BCUT2D eigenvalue weighted by atomic mass is 9.99. The Morgan fingerprint density at radius 2 is 2.05 bits per heavy atom. The van der Waals surface area contributed by atoms with Crippen LogP contribution in [0.25, 0.3) is 10.7 Å². The molecule has 0 saturated carbocycles. The number of hydrogen-bond donors (Lipinski definition) is 0. The van der Waals surface area contributed by atoms with Crippen LogP contribution in [-0.2, 0) is 0 Å². The van der Waals surface area contributed by atoms with Crippen molar-refractivity contribution in [3.05, 3.63) is 28.7 Å². The molecule has 0 radical (unpaired) electrons. The fourth-order valence-electron chi connectivity index (χ4n) is 3.17. The van der Waals surface area contributed by atoms with Crippen molar-refractivity contribution in [1.82, 2.24) is 19.9 Å². The Balaban J connectivity index is 1.98. The highest BCUT2D eigenvalue weighted by molar-refractivity contribution is 7.14. The van der Waals surface area contributed by atoms with Crippen molar-refractivity contribution in [2.75, 3.05) is 6.54 Å². The highest BCUT2D eigenvalue weighted by Crippen LogP contribution is 2.32. The molecule has 4 nitrogen and oxygen atoms in total. The third kappa shape index (κ3) is 3.20. The monoisotopic (exact) mass is 316 g/mol. The topological polar surface area (TPSA) is 41.9 Å². The second kappa shape index (κ2) is 6.42. The van der Waals surface area contributed by atoms with Gasteiger partial charge in [0.25, 0.3) is 0 Å². The number of rotatable bonds is 3. The minimum atomic E-state index is 0.341. The summed E-state index contributed by atoms with van der Waals surface area (Å²) in [6.07, 6.45) is 5.60. The maximum atomic E-state index is 4.87. The van der Waals surface area contributed by atoms with E-state index in [-0.39, 0.29) is 0 Å². The number of nitrogens with zero attached hydrogens (tertiary/aromatic N) is 4. The van der Waals surface area contributed by atoms with Crippen molar-refractivity contribution >= 4 is 11.3 Å². The molecule has 0 aromatic carbocycles. The van der Waals surface area contributed by atoms with Gasteiger partial charge in [0.15, 0.2) is 0 Å². The highest BCUT2D eigenvalue weighted by Gasteiger charge is 2.28. The van der Waals surface area contributed by atoms with E-state index in [2.05, 4.69) is 37.6 Å². The molecule has 118 valence electrons. The van der Waals surface area contributed by atoms with Gasteiger partial charge in [0.2, 0.25) is 0 Å². The zero-order chi connectivity index (χ0) is 15.7. The fraction of sp³-hybridized carbons (Fsp3) is 0.588. The standard InChI is InChI=1S/C17H24N4S/c1-11(2)21-8-6-5-7-15(21)16-19-12(3)9-14(20-16)17-18-10-13(4)22-17/h9-11,15H,5-8H2,1-4H3/t15-/m1/s1. The molecule has 2 aromatic rings. The first-order chi connectivity index (χ1) is 10.5. The molecule has 5 heteroatoms. The van der Waals surface area contributed by atoms with Gasteiger partial charge in [-0.1, -0.05) is 6.42 Å². The van der Waals surface area contributed by atoms with E-state index in [1.807, 2.05) is 12.3 Å². The maximum absolute atomic E-state index is 4.87. The van der Waals surface area contributed by atoms with Gasteiger partial charge in [-0.05, 0) is 53.1 Å². The summed E-state index contributed by atoms with van der Waals surface area (Å²) in [5.74, 6) is 0.969. The van der Waals surface area contributed by atoms with Crippen LogP contribution >= 0.6 is 11.3 Å². The van der Waals surface area contributed by atoms with E-state index >= 15 is 0 Å². The average molecular weight is 316 g/mol. The normalized spacial score (nSPS) is 19.8. The zero-order valence-electron chi connectivity index (χ0n) is 13.8. The predicted octanol–water partition coefficient (Wildman–Crippen LogP) is 4.15. The van der Waals surface area contributed by atoms with Gasteiger partial charge in [-0.2, -0.15) is 0 Å². The summed E-state index contributed by atoms with van der Waals surface area (Å²) in [6.45, 7) is 9.80. The molecule has 0 N–H and O–H groups in total. The Morgan fingerprint density at radius 3 is 2.73 bits per heavy atom. The van der Waals surface area contributed by atoms with Crippen LogP contribution in [0.2, 0.25) is 0 Å². The van der Waals surface area contributed by atoms with Crippen molar-refractivity contribution < 1.29 is 0 Å². The number of aromatic nitrogens is 3. The molecular weight excluding hydrogens is 292 g/mol. The van der Waals surface area contributed by atoms with E-state index in [4.69, 9.17) is 9.97 Å². The molecule has 0 amide bonds. The summed E-state index contributed by atoms with van der Waals surface area (Å²) >= 11 is 1.70. The summed E-state index contributed by atoms with van der Waals surface area (Å²) in [6, 6.07) is 2.91. The maximum Gasteiger partial charge on any atom is 0.146 e. The molecule has 1 aliphatic heterocycles. The van der Waals surface area contributed by atoms with E-state index in [9.17, 15) is 0 Å². The summed E-state index contributed by atoms with van der Waals surface area (Å²) in [5, 5.41) is 0.996. The predicted molar refractivity (Wildman–Crippen MR) is 91.0 cm³/mol. The lowest BCUT2D eigenvalue weighted by Crippen LogP contribution is -2.39. The minimum Gasteiger partial charge on any atom is -0.291 e. The number of piperidine rings is 1. The smallest absolute Gasteiger partial charge is 0.146 e. The SMILES string of the molecule is Cc1cc(-c2ncc(C)s2)nc([C@H]2CCCCN2C(C)C)n1. The molecule has 3 rings (SSSR count). The number of thiazole rings is 1. The Morgan fingerprint density at radius 1 is 1.23 bits per heavy atom. The third-order valence-electron chi connectivity index (χ3n) is 4.22. The quantitative estimate of drug-likeness (QED) is 0.853. The number of hydrogen-bond acceptors (Lipinski definition) is 5. The van der Waals surface area contributed by atoms with Gasteiger partial charge in [-0.3, -0.25) is 4.90 Å². The molecule has 3 heterocycles. The van der Waals surface area contributed by atoms with Gasteiger partial charge in [-0.15, -0.1) is 11.3 Å². The van der Waals surface area contributed by atoms with Crippen LogP contribution in [0.1, 0.15) is 55.5 Å².